The van der Waals surface area contributed by atoms with E-state index in [0.29, 0.717) is 22.9 Å². The predicted molar refractivity (Wildman–Crippen MR) is 84.0 cm³/mol. The molecule has 0 saturated heterocycles. The van der Waals surface area contributed by atoms with E-state index in [0.717, 1.165) is 5.56 Å². The molecule has 0 aliphatic carbocycles. The Balaban J connectivity index is 1.58. The highest BCUT2D eigenvalue weighted by atomic mass is 35.5. The van der Waals surface area contributed by atoms with Crippen molar-refractivity contribution in [3.63, 3.8) is 0 Å². The average Bonchev–Trinajstić information content (AvgIpc) is 3.14. The minimum Gasteiger partial charge on any atom is -0.305 e. The van der Waals surface area contributed by atoms with Crippen LogP contribution in [0.15, 0.2) is 49.1 Å². The highest BCUT2D eigenvalue weighted by molar-refractivity contribution is 6.30. The topological polar surface area (TPSA) is 87.6 Å². The summed E-state index contributed by atoms with van der Waals surface area (Å²) in [5.41, 5.74) is 2.27. The highest BCUT2D eigenvalue weighted by Crippen LogP contribution is 2.12. The summed E-state index contributed by atoms with van der Waals surface area (Å²) in [5, 5.41) is 16.6. The van der Waals surface area contributed by atoms with E-state index in [1.54, 1.807) is 23.3 Å². The van der Waals surface area contributed by atoms with Crippen molar-refractivity contribution in [1.29, 1.82) is 0 Å². The number of H-pyrrole nitrogens is 1. The lowest BCUT2D eigenvalue weighted by molar-refractivity contribution is 0.262. The van der Waals surface area contributed by atoms with Crippen LogP contribution in [0.25, 0.3) is 0 Å². The van der Waals surface area contributed by atoms with Gasteiger partial charge < -0.3 is 10.6 Å². The van der Waals surface area contributed by atoms with Gasteiger partial charge in [-0.3, -0.25) is 9.78 Å². The number of hydrogen-bond acceptors (Lipinski definition) is 3. The molecule has 0 atom stereocenters. The fourth-order valence-corrected chi connectivity index (χ4v) is 2.03. The molecular formula is C14H13ClN6O. The fraction of sp³-hybridized carbons (Fsp3) is 0.0714. The predicted octanol–water partition coefficient (Wildman–Crippen LogP) is 2.95. The van der Waals surface area contributed by atoms with Crippen LogP contribution in [0.4, 0.5) is 16.2 Å². The molecule has 3 aromatic rings. The van der Waals surface area contributed by atoms with E-state index in [4.69, 9.17) is 11.6 Å². The molecule has 0 bridgehead atoms. The first-order chi connectivity index (χ1) is 10.7. The van der Waals surface area contributed by atoms with E-state index in [1.165, 1.54) is 6.20 Å². The molecule has 2 heterocycles. The molecule has 3 N–H and O–H groups in total. The number of aromatic nitrogens is 4. The molecule has 0 aliphatic heterocycles. The van der Waals surface area contributed by atoms with Gasteiger partial charge in [-0.1, -0.05) is 23.7 Å². The van der Waals surface area contributed by atoms with Gasteiger partial charge in [0.1, 0.15) is 0 Å². The first kappa shape index (κ1) is 14.2. The maximum Gasteiger partial charge on any atom is 0.323 e. The number of rotatable bonds is 4. The number of amides is 2. The second kappa shape index (κ2) is 6.31. The summed E-state index contributed by atoms with van der Waals surface area (Å²) in [5.74, 6) is 0. The van der Waals surface area contributed by atoms with Crippen LogP contribution in [0.2, 0.25) is 5.02 Å². The number of urea groups is 1. The Kier molecular flexibility index (Phi) is 4.06. The van der Waals surface area contributed by atoms with Crippen molar-refractivity contribution in [2.45, 2.75) is 6.54 Å². The van der Waals surface area contributed by atoms with Crippen LogP contribution < -0.4 is 10.6 Å². The molecule has 2 amide bonds. The Morgan fingerprint density at radius 1 is 1.18 bits per heavy atom. The smallest absolute Gasteiger partial charge is 0.305 e. The van der Waals surface area contributed by atoms with Gasteiger partial charge in [-0.05, 0) is 17.7 Å². The summed E-state index contributed by atoms with van der Waals surface area (Å²) in [4.78, 5) is 11.8. The number of carbonyl (C=O) groups is 1. The quantitative estimate of drug-likeness (QED) is 0.691. The lowest BCUT2D eigenvalue weighted by Crippen LogP contribution is -2.18. The van der Waals surface area contributed by atoms with Gasteiger partial charge in [0.25, 0.3) is 0 Å². The van der Waals surface area contributed by atoms with Crippen molar-refractivity contribution in [3.8, 4) is 0 Å². The van der Waals surface area contributed by atoms with E-state index in [9.17, 15) is 4.79 Å². The summed E-state index contributed by atoms with van der Waals surface area (Å²) in [6, 6.07) is 7.17. The number of aromatic amines is 1. The normalized spacial score (nSPS) is 10.4. The number of halogens is 1. The number of nitrogens with zero attached hydrogens (tertiary/aromatic N) is 3. The van der Waals surface area contributed by atoms with Crippen LogP contribution >= 0.6 is 11.6 Å². The summed E-state index contributed by atoms with van der Waals surface area (Å²) < 4.78 is 1.73. The summed E-state index contributed by atoms with van der Waals surface area (Å²) in [7, 11) is 0. The molecule has 22 heavy (non-hydrogen) atoms. The van der Waals surface area contributed by atoms with Gasteiger partial charge in [0.2, 0.25) is 0 Å². The van der Waals surface area contributed by atoms with Crippen molar-refractivity contribution in [2.75, 3.05) is 10.6 Å². The van der Waals surface area contributed by atoms with E-state index < -0.39 is 0 Å². The van der Waals surface area contributed by atoms with Crippen LogP contribution in [-0.4, -0.2) is 26.0 Å². The molecule has 8 heteroatoms. The van der Waals surface area contributed by atoms with Gasteiger partial charge in [-0.25, -0.2) is 4.79 Å². The molecule has 0 aliphatic rings. The Labute approximate surface area is 131 Å². The highest BCUT2D eigenvalue weighted by Gasteiger charge is 2.05. The molecule has 3 rings (SSSR count). The van der Waals surface area contributed by atoms with E-state index >= 15 is 0 Å². The van der Waals surface area contributed by atoms with Gasteiger partial charge >= 0.3 is 6.03 Å². The molecule has 0 radical (unpaired) electrons. The van der Waals surface area contributed by atoms with Crippen LogP contribution in [0, 0.1) is 0 Å². The molecular weight excluding hydrogens is 304 g/mol. The first-order valence-corrected chi connectivity index (χ1v) is 6.90. The van der Waals surface area contributed by atoms with Crippen molar-refractivity contribution in [3.05, 3.63) is 59.6 Å². The largest absolute Gasteiger partial charge is 0.323 e. The number of hydrogen-bond donors (Lipinski definition) is 3. The van der Waals surface area contributed by atoms with Crippen molar-refractivity contribution in [2.24, 2.45) is 0 Å². The maximum atomic E-state index is 11.8. The third kappa shape index (κ3) is 3.64. The fourth-order valence-electron chi connectivity index (χ4n) is 1.90. The van der Waals surface area contributed by atoms with Gasteiger partial charge in [-0.15, -0.1) is 0 Å². The molecule has 0 unspecified atom stereocenters. The monoisotopic (exact) mass is 316 g/mol. The molecule has 1 aromatic carbocycles. The zero-order valence-electron chi connectivity index (χ0n) is 11.5. The zero-order chi connectivity index (χ0) is 15.4. The Bertz CT molecular complexity index is 750. The van der Waals surface area contributed by atoms with Crippen LogP contribution in [0.5, 0.6) is 0 Å². The lowest BCUT2D eigenvalue weighted by Gasteiger charge is -2.03. The third-order valence-corrected chi connectivity index (χ3v) is 3.16. The second-order valence-electron chi connectivity index (χ2n) is 4.62. The SMILES string of the molecule is O=C(Nc1cn[nH]c1)Nc1cnn(Cc2ccc(Cl)cc2)c1. The van der Waals surface area contributed by atoms with E-state index in [-0.39, 0.29) is 6.03 Å². The average molecular weight is 317 g/mol. The molecule has 112 valence electrons. The number of nitrogens with one attached hydrogen (secondary N) is 3. The van der Waals surface area contributed by atoms with Crippen molar-refractivity contribution in [1.82, 2.24) is 20.0 Å². The van der Waals surface area contributed by atoms with Crippen LogP contribution in [0.1, 0.15) is 5.56 Å². The van der Waals surface area contributed by atoms with E-state index in [2.05, 4.69) is 25.9 Å². The lowest BCUT2D eigenvalue weighted by atomic mass is 10.2. The van der Waals surface area contributed by atoms with Crippen molar-refractivity contribution < 1.29 is 4.79 Å². The molecule has 7 nitrogen and oxygen atoms in total. The maximum absolute atomic E-state index is 11.8. The Morgan fingerprint density at radius 2 is 1.95 bits per heavy atom. The molecule has 0 fully saturated rings. The second-order valence-corrected chi connectivity index (χ2v) is 5.06. The zero-order valence-corrected chi connectivity index (χ0v) is 12.2. The van der Waals surface area contributed by atoms with Gasteiger partial charge in [0, 0.05) is 17.4 Å². The molecule has 0 spiro atoms. The Morgan fingerprint density at radius 3 is 2.68 bits per heavy atom. The summed E-state index contributed by atoms with van der Waals surface area (Å²) in [6.07, 6.45) is 6.45. The first-order valence-electron chi connectivity index (χ1n) is 6.53. The van der Waals surface area contributed by atoms with Gasteiger partial charge in [0.05, 0.1) is 30.3 Å². The van der Waals surface area contributed by atoms with Crippen LogP contribution in [-0.2, 0) is 6.54 Å². The molecule has 2 aromatic heterocycles. The van der Waals surface area contributed by atoms with Crippen molar-refractivity contribution >= 4 is 29.0 Å². The standard InChI is InChI=1S/C14H13ClN6O/c15-11-3-1-10(2-4-11)8-21-9-13(7-18-21)20-14(22)19-12-5-16-17-6-12/h1-7,9H,8H2,(H,16,17)(H2,19,20,22). The minimum atomic E-state index is -0.354. The summed E-state index contributed by atoms with van der Waals surface area (Å²) in [6.45, 7) is 0.599. The van der Waals surface area contributed by atoms with Gasteiger partial charge in [0.15, 0.2) is 0 Å². The van der Waals surface area contributed by atoms with Gasteiger partial charge in [-0.2, -0.15) is 10.2 Å². The van der Waals surface area contributed by atoms with E-state index in [1.807, 2.05) is 24.3 Å². The minimum absolute atomic E-state index is 0.354. The Hall–Kier alpha value is -2.80. The third-order valence-electron chi connectivity index (χ3n) is 2.91. The number of benzene rings is 1. The number of carbonyl (C=O) groups excluding carboxylic acids is 1. The summed E-state index contributed by atoms with van der Waals surface area (Å²) >= 11 is 5.85. The van der Waals surface area contributed by atoms with Crippen LogP contribution in [0.3, 0.4) is 0 Å². The molecule has 0 saturated carbocycles. The number of anilines is 2.